The van der Waals surface area contributed by atoms with Crippen molar-refractivity contribution in [2.24, 2.45) is 5.73 Å². The maximum atomic E-state index is 5.74. The molecule has 0 saturated carbocycles. The van der Waals surface area contributed by atoms with Crippen molar-refractivity contribution < 1.29 is 4.74 Å². The molecule has 0 fully saturated rings. The van der Waals surface area contributed by atoms with Gasteiger partial charge >= 0.3 is 0 Å². The molecule has 4 heteroatoms. The van der Waals surface area contributed by atoms with Gasteiger partial charge in [0.05, 0.1) is 0 Å². The normalized spacial score (nSPS) is 12.6. The van der Waals surface area contributed by atoms with E-state index in [1.165, 1.54) is 0 Å². The summed E-state index contributed by atoms with van der Waals surface area (Å²) in [5.74, 6) is 0.804. The standard InChI is InChI=1S/C13H17N3O/c1-2-17-12(10-6-4-3-5-7-10)13-15-9-11(8-14)16-13/h3-7,9,12H,2,8,14H2,1H3,(H,15,16). The Balaban J connectivity index is 2.28. The van der Waals surface area contributed by atoms with Gasteiger partial charge in [-0.25, -0.2) is 4.98 Å². The highest BCUT2D eigenvalue weighted by atomic mass is 16.5. The van der Waals surface area contributed by atoms with E-state index in [9.17, 15) is 0 Å². The van der Waals surface area contributed by atoms with E-state index in [-0.39, 0.29) is 6.10 Å². The molecule has 2 rings (SSSR count). The minimum absolute atomic E-state index is 0.151. The molecule has 0 bridgehead atoms. The lowest BCUT2D eigenvalue weighted by molar-refractivity contribution is 0.0857. The Hall–Kier alpha value is -1.65. The van der Waals surface area contributed by atoms with Crippen LogP contribution < -0.4 is 5.73 Å². The van der Waals surface area contributed by atoms with Crippen molar-refractivity contribution in [3.8, 4) is 0 Å². The van der Waals surface area contributed by atoms with Crippen LogP contribution >= 0.6 is 0 Å². The van der Waals surface area contributed by atoms with Crippen molar-refractivity contribution >= 4 is 0 Å². The molecular weight excluding hydrogens is 214 g/mol. The van der Waals surface area contributed by atoms with Crippen molar-refractivity contribution in [2.75, 3.05) is 6.61 Å². The van der Waals surface area contributed by atoms with Gasteiger partial charge in [0.2, 0.25) is 0 Å². The molecule has 0 aliphatic heterocycles. The van der Waals surface area contributed by atoms with E-state index < -0.39 is 0 Å². The van der Waals surface area contributed by atoms with E-state index in [0.717, 1.165) is 17.1 Å². The van der Waals surface area contributed by atoms with Gasteiger partial charge in [-0.3, -0.25) is 0 Å². The Morgan fingerprint density at radius 1 is 1.35 bits per heavy atom. The summed E-state index contributed by atoms with van der Waals surface area (Å²) in [6.45, 7) is 3.07. The molecule has 1 heterocycles. The summed E-state index contributed by atoms with van der Waals surface area (Å²) in [7, 11) is 0. The lowest BCUT2D eigenvalue weighted by atomic mass is 10.1. The molecule has 0 spiro atoms. The second-order valence-corrected chi connectivity index (χ2v) is 3.74. The Kier molecular flexibility index (Phi) is 3.90. The number of H-pyrrole nitrogens is 1. The van der Waals surface area contributed by atoms with Crippen molar-refractivity contribution in [3.63, 3.8) is 0 Å². The zero-order valence-corrected chi connectivity index (χ0v) is 9.89. The fraction of sp³-hybridized carbons (Fsp3) is 0.308. The molecular formula is C13H17N3O. The minimum atomic E-state index is -0.151. The molecule has 4 nitrogen and oxygen atoms in total. The number of ether oxygens (including phenoxy) is 1. The number of nitrogens with two attached hydrogens (primary N) is 1. The number of hydrogen-bond acceptors (Lipinski definition) is 3. The molecule has 0 aliphatic carbocycles. The first kappa shape index (κ1) is 11.8. The first-order valence-electron chi connectivity index (χ1n) is 5.75. The van der Waals surface area contributed by atoms with E-state index in [2.05, 4.69) is 9.97 Å². The Morgan fingerprint density at radius 2 is 2.12 bits per heavy atom. The summed E-state index contributed by atoms with van der Waals surface area (Å²) in [4.78, 5) is 7.51. The second kappa shape index (κ2) is 5.61. The molecule has 0 radical (unpaired) electrons. The molecule has 0 saturated heterocycles. The van der Waals surface area contributed by atoms with Gasteiger partial charge in [-0.15, -0.1) is 0 Å². The number of nitrogens with one attached hydrogen (secondary N) is 1. The van der Waals surface area contributed by atoms with Gasteiger partial charge < -0.3 is 15.5 Å². The SMILES string of the molecule is CCOC(c1ccccc1)c1ncc(CN)[nH]1. The van der Waals surface area contributed by atoms with Gasteiger partial charge in [-0.2, -0.15) is 0 Å². The van der Waals surface area contributed by atoms with Crippen LogP contribution in [0.25, 0.3) is 0 Å². The lowest BCUT2D eigenvalue weighted by Crippen LogP contribution is -2.08. The summed E-state index contributed by atoms with van der Waals surface area (Å²) < 4.78 is 5.74. The first-order valence-corrected chi connectivity index (χ1v) is 5.75. The first-order chi connectivity index (χ1) is 8.35. The van der Waals surface area contributed by atoms with Crippen molar-refractivity contribution in [3.05, 3.63) is 53.6 Å². The Labute approximate surface area is 101 Å². The second-order valence-electron chi connectivity index (χ2n) is 3.74. The highest BCUT2D eigenvalue weighted by Crippen LogP contribution is 2.23. The fourth-order valence-corrected chi connectivity index (χ4v) is 1.74. The molecule has 1 aromatic heterocycles. The summed E-state index contributed by atoms with van der Waals surface area (Å²) >= 11 is 0. The summed E-state index contributed by atoms with van der Waals surface area (Å²) in [6.07, 6.45) is 1.60. The molecule has 0 aliphatic rings. The number of imidazole rings is 1. The summed E-state index contributed by atoms with van der Waals surface area (Å²) in [6, 6.07) is 10.0. The average molecular weight is 231 g/mol. The van der Waals surface area contributed by atoms with Crippen LogP contribution in [0.15, 0.2) is 36.5 Å². The molecule has 1 atom stereocenters. The molecule has 0 amide bonds. The highest BCUT2D eigenvalue weighted by Gasteiger charge is 2.16. The molecule has 2 aromatic rings. The minimum Gasteiger partial charge on any atom is -0.366 e. The third kappa shape index (κ3) is 2.72. The summed E-state index contributed by atoms with van der Waals surface area (Å²) in [5, 5.41) is 0. The van der Waals surface area contributed by atoms with Crippen LogP contribution in [-0.4, -0.2) is 16.6 Å². The number of aromatic amines is 1. The van der Waals surface area contributed by atoms with E-state index in [1.54, 1.807) is 6.20 Å². The summed E-state index contributed by atoms with van der Waals surface area (Å²) in [5.41, 5.74) is 7.57. The number of benzene rings is 1. The van der Waals surface area contributed by atoms with Crippen LogP contribution in [0.4, 0.5) is 0 Å². The van der Waals surface area contributed by atoms with E-state index in [4.69, 9.17) is 10.5 Å². The number of hydrogen-bond donors (Lipinski definition) is 2. The number of nitrogens with zero attached hydrogens (tertiary/aromatic N) is 1. The predicted molar refractivity (Wildman–Crippen MR) is 66.4 cm³/mol. The van der Waals surface area contributed by atoms with E-state index in [0.29, 0.717) is 13.2 Å². The largest absolute Gasteiger partial charge is 0.366 e. The van der Waals surface area contributed by atoms with Gasteiger partial charge in [-0.05, 0) is 12.5 Å². The van der Waals surface area contributed by atoms with Crippen molar-refractivity contribution in [2.45, 2.75) is 19.6 Å². The van der Waals surface area contributed by atoms with E-state index >= 15 is 0 Å². The van der Waals surface area contributed by atoms with Crippen LogP contribution in [0.2, 0.25) is 0 Å². The monoisotopic (exact) mass is 231 g/mol. The molecule has 1 aromatic carbocycles. The molecule has 90 valence electrons. The van der Waals surface area contributed by atoms with E-state index in [1.807, 2.05) is 37.3 Å². The Bertz CT molecular complexity index is 453. The van der Waals surface area contributed by atoms with Crippen LogP contribution in [-0.2, 0) is 11.3 Å². The third-order valence-corrected chi connectivity index (χ3v) is 2.55. The number of aromatic nitrogens is 2. The van der Waals surface area contributed by atoms with Crippen LogP contribution in [0, 0.1) is 0 Å². The van der Waals surface area contributed by atoms with Crippen molar-refractivity contribution in [1.82, 2.24) is 9.97 Å². The zero-order chi connectivity index (χ0) is 12.1. The van der Waals surface area contributed by atoms with Gasteiger partial charge in [0, 0.05) is 25.0 Å². The average Bonchev–Trinajstić information content (AvgIpc) is 2.85. The number of rotatable bonds is 5. The van der Waals surface area contributed by atoms with Crippen LogP contribution in [0.3, 0.4) is 0 Å². The van der Waals surface area contributed by atoms with Gasteiger partial charge in [0.25, 0.3) is 0 Å². The van der Waals surface area contributed by atoms with Gasteiger partial charge in [-0.1, -0.05) is 30.3 Å². The molecule has 17 heavy (non-hydrogen) atoms. The molecule has 1 unspecified atom stereocenters. The van der Waals surface area contributed by atoms with Gasteiger partial charge in [0.15, 0.2) is 0 Å². The fourth-order valence-electron chi connectivity index (χ4n) is 1.74. The molecule has 3 N–H and O–H groups in total. The maximum absolute atomic E-state index is 5.74. The highest BCUT2D eigenvalue weighted by molar-refractivity contribution is 5.23. The maximum Gasteiger partial charge on any atom is 0.140 e. The zero-order valence-electron chi connectivity index (χ0n) is 9.89. The van der Waals surface area contributed by atoms with Crippen LogP contribution in [0.5, 0.6) is 0 Å². The van der Waals surface area contributed by atoms with Gasteiger partial charge in [0.1, 0.15) is 11.9 Å². The predicted octanol–water partition coefficient (Wildman–Crippen LogP) is 1.99. The Morgan fingerprint density at radius 3 is 2.71 bits per heavy atom. The smallest absolute Gasteiger partial charge is 0.140 e. The lowest BCUT2D eigenvalue weighted by Gasteiger charge is -2.14. The van der Waals surface area contributed by atoms with Crippen molar-refractivity contribution in [1.29, 1.82) is 0 Å². The quantitative estimate of drug-likeness (QED) is 0.827. The third-order valence-electron chi connectivity index (χ3n) is 2.55. The topological polar surface area (TPSA) is 63.9 Å². The van der Waals surface area contributed by atoms with Crippen LogP contribution in [0.1, 0.15) is 30.1 Å².